The number of benzene rings is 3. The van der Waals surface area contributed by atoms with Crippen LogP contribution >= 0.6 is 34.8 Å². The summed E-state index contributed by atoms with van der Waals surface area (Å²) in [5.41, 5.74) is 12.8. The number of methoxy groups -OCH3 is 3. The first kappa shape index (κ1) is 108. The molecular weight excluding hydrogens is 1800 g/mol. The van der Waals surface area contributed by atoms with E-state index in [-0.39, 0.29) is 80.7 Å². The maximum Gasteiger partial charge on any atom is 0.325 e. The lowest BCUT2D eigenvalue weighted by Crippen LogP contribution is -2.61. The fourth-order valence-corrected chi connectivity index (χ4v) is 16.0. The largest absolute Gasteiger partial charge is 0.460 e. The average Bonchev–Trinajstić information content (AvgIpc) is 1.77. The molecule has 11 rings (SSSR count). The molecule has 0 saturated carbocycles. The Morgan fingerprint density at radius 3 is 1.50 bits per heavy atom. The van der Waals surface area contributed by atoms with E-state index in [2.05, 4.69) is 37.2 Å². The molecule has 6 aromatic rings. The van der Waals surface area contributed by atoms with Crippen molar-refractivity contribution in [2.45, 2.75) is 227 Å². The third-order valence-electron chi connectivity index (χ3n) is 24.7. The number of nitrogens with one attached hydrogen (secondary N) is 6. The van der Waals surface area contributed by atoms with Crippen molar-refractivity contribution in [3.05, 3.63) is 143 Å². The molecule has 732 valence electrons. The zero-order valence-electron chi connectivity index (χ0n) is 80.6. The Bertz CT molecular complexity index is 5180. The van der Waals surface area contributed by atoms with E-state index in [1.807, 2.05) is 191 Å². The number of fused-ring (bicyclic) bond motifs is 9. The first-order valence-electron chi connectivity index (χ1n) is 45.9. The van der Waals surface area contributed by atoms with Crippen molar-refractivity contribution in [2.24, 2.45) is 51.8 Å². The van der Waals surface area contributed by atoms with Crippen molar-refractivity contribution < 1.29 is 95.5 Å². The van der Waals surface area contributed by atoms with Crippen LogP contribution in [0.5, 0.6) is 0 Å². The van der Waals surface area contributed by atoms with Crippen LogP contribution in [-0.2, 0) is 95.5 Å². The number of pyridine rings is 3. The first-order valence-corrected chi connectivity index (χ1v) is 47.0. The van der Waals surface area contributed by atoms with Gasteiger partial charge in [-0.2, -0.15) is 0 Å². The molecule has 0 unspecified atom stereocenters. The van der Waals surface area contributed by atoms with Gasteiger partial charge in [0.15, 0.2) is 0 Å². The molecule has 5 aliphatic heterocycles. The maximum absolute atomic E-state index is 13.7. The van der Waals surface area contributed by atoms with E-state index in [1.165, 1.54) is 43.3 Å². The molecule has 32 nitrogen and oxygen atoms in total. The van der Waals surface area contributed by atoms with E-state index in [4.69, 9.17) is 77.9 Å². The van der Waals surface area contributed by atoms with E-state index < -0.39 is 158 Å². The maximum atomic E-state index is 13.7. The minimum atomic E-state index is -1.78. The summed E-state index contributed by atoms with van der Waals surface area (Å²) in [4.78, 5) is 186. The molecule has 12 atom stereocenters. The number of hydrogen-bond donors (Lipinski definition) is 6. The number of alkyl halides is 3. The summed E-state index contributed by atoms with van der Waals surface area (Å²) < 4.78 is 35.9. The molecule has 8 heterocycles. The van der Waals surface area contributed by atoms with Crippen molar-refractivity contribution in [1.29, 1.82) is 0 Å². The quantitative estimate of drug-likeness (QED) is 0.0221. The van der Waals surface area contributed by atoms with Crippen LogP contribution in [-0.4, -0.2) is 214 Å². The first-order chi connectivity index (χ1) is 63.6. The summed E-state index contributed by atoms with van der Waals surface area (Å²) in [6.07, 6.45) is 12.3. The van der Waals surface area contributed by atoms with Crippen molar-refractivity contribution in [1.82, 2.24) is 62.2 Å². The van der Waals surface area contributed by atoms with Crippen molar-refractivity contribution >= 4 is 162 Å². The Balaban J connectivity index is 0.000000229. The zero-order chi connectivity index (χ0) is 99.3. The number of carbonyl (C=O) groups excluding carboxylic acids is 13. The number of rotatable bonds is 21. The van der Waals surface area contributed by atoms with Crippen LogP contribution in [0, 0.1) is 51.8 Å². The number of Topliss-reactive ketones (excluding diaryl/α,β-unsaturated/α-hetero) is 3. The number of hydrazine groups is 3. The molecule has 10 bridgehead atoms. The number of halogens is 3. The minimum Gasteiger partial charge on any atom is -0.460 e. The SMILES string of the molecule is COC[C@@H]1NC(=O)[C@H](C(C)C)CC(=O)C(C)(C)/C=C/c2ccc3ccc(nc3c2)[C@@H](C)OC(=O)[C@@H]2CCCN(N2)C1=O.COC[C@H](NC(=O)[C@@H](CC(=O)C(C)(C)/C=C/c1ccc2ccc([C@@H](C)OC(C)=O)nc2c1)C(C)C)C(=O)N1CCC[C@@H](C(=O)OCC(Cl)(Cl)Cl)N1.COC[C@H]1NC(=O)[C@H](C(C)C)CC(=O)C(C)(C)/C=C/c2ccc3ccc(nc3c2)[C@@H](C)OC(=O)[C@@H]2CCCN(N2)C1=O. The van der Waals surface area contributed by atoms with Crippen molar-refractivity contribution in [3.63, 3.8) is 0 Å². The van der Waals surface area contributed by atoms with Crippen LogP contribution in [0.15, 0.2) is 109 Å². The molecule has 0 aliphatic carbocycles. The number of ether oxygens (including phenoxy) is 7. The molecule has 3 aromatic heterocycles. The van der Waals surface area contributed by atoms with Gasteiger partial charge in [0.2, 0.25) is 21.5 Å². The van der Waals surface area contributed by atoms with E-state index in [0.29, 0.717) is 74.2 Å². The number of cyclic esters (lactones) is 2. The number of nitrogens with zero attached hydrogens (tertiary/aromatic N) is 6. The number of carbonyl (C=O) groups is 13. The summed E-state index contributed by atoms with van der Waals surface area (Å²) in [6.45, 7) is 29.0. The number of allylic oxidation sites excluding steroid dienone is 3. The standard InChI is InChI=1S/C36H47Cl3N4O8.2C32H42N4O6/c1-21(2)26(32(46)41-30(19-49-7)33(47)43-16-8-9-28(42-43)34(48)50-20-36(37,38)39)18-31(45)35(5,6)15-14-24-10-11-25-12-13-27(40-29(25)17-24)22(3)51-23(4)44;2*1-19(2)23-17-28(37)32(4,5)14-13-21-9-10-22-11-12-24(33-26(22)16-21)20(3)42-31(40)25-8-7-15-36(35-25)30(39)27(18-41-6)34-29(23)38/h10-15,17,21-22,26,28,30,42H,8-9,16,18-20H2,1-7H3,(H,41,46);2*9-14,16,19-20,23,25,27,35H,7-8,15,17-18H2,1-6H3,(H,34,38)/b15-14+;2*14-13+/t22-,26+,28+,30+;20-,23+,25+,27+;20-,23+,25+,27-/m111/s1. The lowest BCUT2D eigenvalue weighted by atomic mass is 9.79. The molecule has 35 heteroatoms. The molecular formula is C100H131Cl3N12O20. The van der Waals surface area contributed by atoms with Gasteiger partial charge in [0.25, 0.3) is 17.7 Å². The van der Waals surface area contributed by atoms with Gasteiger partial charge in [-0.1, -0.05) is 167 Å². The second kappa shape index (κ2) is 48.5. The summed E-state index contributed by atoms with van der Waals surface area (Å²) in [5.74, 6) is -7.55. The fraction of sp³-hybridized carbons (Fsp3) is 0.540. The van der Waals surface area contributed by atoms with Crippen LogP contribution in [0.3, 0.4) is 0 Å². The predicted molar refractivity (Wildman–Crippen MR) is 513 cm³/mol. The highest BCUT2D eigenvalue weighted by Gasteiger charge is 2.43. The second-order valence-corrected chi connectivity index (χ2v) is 40.3. The smallest absolute Gasteiger partial charge is 0.325 e. The third-order valence-corrected chi connectivity index (χ3v) is 25.0. The molecule has 3 saturated heterocycles. The number of amides is 6. The van der Waals surface area contributed by atoms with Gasteiger partial charge < -0.3 is 49.1 Å². The highest BCUT2D eigenvalue weighted by Crippen LogP contribution is 2.35. The molecule has 3 fully saturated rings. The monoisotopic (exact) mass is 1920 g/mol. The zero-order valence-corrected chi connectivity index (χ0v) is 82.8. The molecule has 5 aliphatic rings. The Kier molecular flexibility index (Phi) is 38.8. The minimum absolute atomic E-state index is 0.0190. The second-order valence-electron chi connectivity index (χ2n) is 37.8. The van der Waals surface area contributed by atoms with Gasteiger partial charge in [-0.15, -0.1) is 0 Å². The van der Waals surface area contributed by atoms with Gasteiger partial charge >= 0.3 is 23.9 Å². The summed E-state index contributed by atoms with van der Waals surface area (Å²) in [5, 5.41) is 15.1. The predicted octanol–water partition coefficient (Wildman–Crippen LogP) is 13.2. The molecule has 0 radical (unpaired) electrons. The number of ketones is 3. The molecule has 0 spiro atoms. The topological polar surface area (TPSA) is 407 Å². The van der Waals surface area contributed by atoms with Gasteiger partial charge in [-0.05, 0) is 172 Å². The van der Waals surface area contributed by atoms with Gasteiger partial charge in [0, 0.05) is 117 Å². The van der Waals surface area contributed by atoms with E-state index >= 15 is 0 Å². The fourth-order valence-electron chi connectivity index (χ4n) is 15.9. The molecule has 135 heavy (non-hydrogen) atoms. The Morgan fingerprint density at radius 1 is 0.593 bits per heavy atom. The number of aromatic nitrogens is 3. The number of hydrogen-bond acceptors (Lipinski definition) is 26. The average molecular weight is 1930 g/mol. The van der Waals surface area contributed by atoms with E-state index in [0.717, 1.165) is 43.9 Å². The highest BCUT2D eigenvalue weighted by atomic mass is 35.6. The Labute approximate surface area is 804 Å². The van der Waals surface area contributed by atoms with Crippen LogP contribution < -0.4 is 32.2 Å². The summed E-state index contributed by atoms with van der Waals surface area (Å²) in [7, 11) is 4.30. The summed E-state index contributed by atoms with van der Waals surface area (Å²) in [6, 6.07) is 23.3. The van der Waals surface area contributed by atoms with Crippen LogP contribution in [0.1, 0.15) is 221 Å². The highest BCUT2D eigenvalue weighted by molar-refractivity contribution is 6.67. The normalized spacial score (nSPS) is 23.1. The van der Waals surface area contributed by atoms with E-state index in [9.17, 15) is 62.3 Å². The summed E-state index contributed by atoms with van der Waals surface area (Å²) >= 11 is 17.0. The molecule has 3 aromatic carbocycles. The van der Waals surface area contributed by atoms with Gasteiger partial charge in [-0.25, -0.2) is 31.2 Å². The van der Waals surface area contributed by atoms with Crippen LogP contribution in [0.4, 0.5) is 0 Å². The Morgan fingerprint density at radius 2 is 1.05 bits per heavy atom. The number of esters is 4. The lowest BCUT2D eigenvalue weighted by molar-refractivity contribution is -0.158. The van der Waals surface area contributed by atoms with Gasteiger partial charge in [0.05, 0.1) is 53.5 Å². The van der Waals surface area contributed by atoms with Gasteiger partial charge in [0.1, 0.15) is 78.5 Å². The lowest BCUT2D eigenvalue weighted by Gasteiger charge is -2.35. The van der Waals surface area contributed by atoms with Crippen LogP contribution in [0.2, 0.25) is 0 Å². The van der Waals surface area contributed by atoms with E-state index in [1.54, 1.807) is 40.7 Å². The Hall–Kier alpha value is -10.6. The molecule has 6 amide bonds. The molecule has 6 N–H and O–H groups in total. The third kappa shape index (κ3) is 30.5. The van der Waals surface area contributed by atoms with Crippen molar-refractivity contribution in [3.8, 4) is 0 Å². The van der Waals surface area contributed by atoms with Crippen LogP contribution in [0.25, 0.3) is 50.9 Å². The van der Waals surface area contributed by atoms with Crippen molar-refractivity contribution in [2.75, 3.05) is 67.4 Å². The van der Waals surface area contributed by atoms with Gasteiger partial charge in [-0.3, -0.25) is 77.4 Å².